The van der Waals surface area contributed by atoms with Gasteiger partial charge in [0.25, 0.3) is 0 Å². The summed E-state index contributed by atoms with van der Waals surface area (Å²) < 4.78 is 0. The van der Waals surface area contributed by atoms with E-state index in [0.29, 0.717) is 13.0 Å². The summed E-state index contributed by atoms with van der Waals surface area (Å²) in [5.41, 5.74) is 0. The molecule has 0 aromatic rings. The Labute approximate surface area is 152 Å². The SMILES string of the molecule is CC1CCN(C(=O)CCCNC(=O)N2CCC3CCCCC3C2)CC1. The van der Waals surface area contributed by atoms with Crippen molar-refractivity contribution in [1.82, 2.24) is 15.1 Å². The molecule has 0 radical (unpaired) electrons. The van der Waals surface area contributed by atoms with Gasteiger partial charge in [-0.1, -0.05) is 26.2 Å². The maximum Gasteiger partial charge on any atom is 0.317 e. The highest BCUT2D eigenvalue weighted by molar-refractivity contribution is 5.76. The molecule has 3 amide bonds. The molecule has 1 N–H and O–H groups in total. The van der Waals surface area contributed by atoms with Crippen molar-refractivity contribution >= 4 is 11.9 Å². The molecule has 3 fully saturated rings. The second kappa shape index (κ2) is 8.91. The summed E-state index contributed by atoms with van der Waals surface area (Å²) in [5.74, 6) is 2.57. The van der Waals surface area contributed by atoms with Gasteiger partial charge in [0.2, 0.25) is 5.91 Å². The number of urea groups is 1. The number of rotatable bonds is 4. The Balaban J connectivity index is 1.31. The van der Waals surface area contributed by atoms with Crippen LogP contribution in [0.15, 0.2) is 0 Å². The van der Waals surface area contributed by atoms with Crippen molar-refractivity contribution in [2.75, 3.05) is 32.7 Å². The van der Waals surface area contributed by atoms with Crippen LogP contribution in [-0.4, -0.2) is 54.5 Å². The van der Waals surface area contributed by atoms with Crippen LogP contribution in [0.5, 0.6) is 0 Å². The van der Waals surface area contributed by atoms with Crippen LogP contribution in [0, 0.1) is 17.8 Å². The van der Waals surface area contributed by atoms with Crippen LogP contribution < -0.4 is 5.32 Å². The number of fused-ring (bicyclic) bond motifs is 1. The molecule has 3 aliphatic rings. The molecular formula is C20H35N3O2. The van der Waals surface area contributed by atoms with E-state index in [1.165, 1.54) is 32.1 Å². The monoisotopic (exact) mass is 349 g/mol. The molecule has 3 rings (SSSR count). The molecule has 0 aromatic heterocycles. The van der Waals surface area contributed by atoms with Crippen molar-refractivity contribution < 1.29 is 9.59 Å². The van der Waals surface area contributed by atoms with Gasteiger partial charge in [-0.05, 0) is 49.9 Å². The van der Waals surface area contributed by atoms with Crippen molar-refractivity contribution in [1.29, 1.82) is 0 Å². The van der Waals surface area contributed by atoms with E-state index in [0.717, 1.165) is 63.2 Å². The van der Waals surface area contributed by atoms with Gasteiger partial charge >= 0.3 is 6.03 Å². The van der Waals surface area contributed by atoms with Crippen LogP contribution in [-0.2, 0) is 4.79 Å². The topological polar surface area (TPSA) is 52.7 Å². The van der Waals surface area contributed by atoms with Crippen LogP contribution in [0.4, 0.5) is 4.79 Å². The van der Waals surface area contributed by atoms with E-state index in [4.69, 9.17) is 0 Å². The molecule has 142 valence electrons. The third kappa shape index (κ3) is 5.11. The summed E-state index contributed by atoms with van der Waals surface area (Å²) in [5, 5.41) is 3.03. The van der Waals surface area contributed by atoms with E-state index >= 15 is 0 Å². The molecule has 1 aliphatic carbocycles. The van der Waals surface area contributed by atoms with Crippen LogP contribution in [0.3, 0.4) is 0 Å². The van der Waals surface area contributed by atoms with E-state index in [1.54, 1.807) is 0 Å². The lowest BCUT2D eigenvalue weighted by Crippen LogP contribution is -2.49. The van der Waals surface area contributed by atoms with Crippen molar-refractivity contribution in [2.45, 2.75) is 64.7 Å². The number of hydrogen-bond acceptors (Lipinski definition) is 2. The van der Waals surface area contributed by atoms with Crippen LogP contribution in [0.25, 0.3) is 0 Å². The van der Waals surface area contributed by atoms with E-state index in [9.17, 15) is 9.59 Å². The van der Waals surface area contributed by atoms with Crippen LogP contribution in [0.1, 0.15) is 64.7 Å². The number of likely N-dealkylation sites (tertiary alicyclic amines) is 2. The lowest BCUT2D eigenvalue weighted by atomic mass is 9.75. The van der Waals surface area contributed by atoms with E-state index < -0.39 is 0 Å². The van der Waals surface area contributed by atoms with Gasteiger partial charge in [-0.25, -0.2) is 4.79 Å². The second-order valence-corrected chi connectivity index (χ2v) is 8.44. The molecule has 2 unspecified atom stereocenters. The lowest BCUT2D eigenvalue weighted by Gasteiger charge is -2.41. The van der Waals surface area contributed by atoms with Crippen molar-refractivity contribution in [3.8, 4) is 0 Å². The highest BCUT2D eigenvalue weighted by atomic mass is 16.2. The number of carbonyl (C=O) groups excluding carboxylic acids is 2. The summed E-state index contributed by atoms with van der Waals surface area (Å²) in [7, 11) is 0. The van der Waals surface area contributed by atoms with Crippen molar-refractivity contribution in [3.05, 3.63) is 0 Å². The number of carbonyl (C=O) groups is 2. The van der Waals surface area contributed by atoms with Crippen LogP contribution >= 0.6 is 0 Å². The van der Waals surface area contributed by atoms with E-state index in [-0.39, 0.29) is 11.9 Å². The van der Waals surface area contributed by atoms with Gasteiger partial charge in [0.15, 0.2) is 0 Å². The standard InChI is InChI=1S/C20H35N3O2/c1-16-8-12-22(13-9-16)19(24)7-4-11-21-20(25)23-14-10-17-5-2-3-6-18(17)15-23/h16-18H,2-15H2,1H3,(H,21,25). The molecule has 5 nitrogen and oxygen atoms in total. The van der Waals surface area contributed by atoms with Gasteiger partial charge in [0, 0.05) is 39.1 Å². The summed E-state index contributed by atoms with van der Waals surface area (Å²) in [6.45, 7) is 6.51. The molecule has 0 aromatic carbocycles. The second-order valence-electron chi connectivity index (χ2n) is 8.44. The molecule has 0 spiro atoms. The Bertz CT molecular complexity index is 460. The fourth-order valence-corrected chi connectivity index (χ4v) is 4.75. The molecule has 25 heavy (non-hydrogen) atoms. The Hall–Kier alpha value is -1.26. The smallest absolute Gasteiger partial charge is 0.317 e. The Morgan fingerprint density at radius 3 is 2.36 bits per heavy atom. The fourth-order valence-electron chi connectivity index (χ4n) is 4.75. The zero-order chi connectivity index (χ0) is 17.6. The average Bonchev–Trinajstić information content (AvgIpc) is 2.65. The minimum absolute atomic E-state index is 0.0725. The first-order valence-electron chi connectivity index (χ1n) is 10.4. The van der Waals surface area contributed by atoms with Gasteiger partial charge in [-0.15, -0.1) is 0 Å². The van der Waals surface area contributed by atoms with E-state index in [1.807, 2.05) is 9.80 Å². The van der Waals surface area contributed by atoms with Crippen molar-refractivity contribution in [3.63, 3.8) is 0 Å². The molecule has 2 heterocycles. The van der Waals surface area contributed by atoms with Gasteiger partial charge in [-0.2, -0.15) is 0 Å². The third-order valence-electron chi connectivity index (χ3n) is 6.56. The summed E-state index contributed by atoms with van der Waals surface area (Å²) >= 11 is 0. The largest absolute Gasteiger partial charge is 0.343 e. The molecule has 1 saturated carbocycles. The normalized spacial score (nSPS) is 27.7. The first-order chi connectivity index (χ1) is 12.1. The average molecular weight is 350 g/mol. The fraction of sp³-hybridized carbons (Fsp3) is 0.900. The summed E-state index contributed by atoms with van der Waals surface area (Å²) in [4.78, 5) is 28.6. The summed E-state index contributed by atoms with van der Waals surface area (Å²) in [6, 6.07) is 0.0725. The third-order valence-corrected chi connectivity index (χ3v) is 6.56. The van der Waals surface area contributed by atoms with Crippen LogP contribution in [0.2, 0.25) is 0 Å². The van der Waals surface area contributed by atoms with Gasteiger partial charge < -0.3 is 15.1 Å². The predicted molar refractivity (Wildman–Crippen MR) is 99.2 cm³/mol. The highest BCUT2D eigenvalue weighted by Crippen LogP contribution is 2.35. The van der Waals surface area contributed by atoms with Crippen molar-refractivity contribution in [2.24, 2.45) is 17.8 Å². The van der Waals surface area contributed by atoms with E-state index in [2.05, 4.69) is 12.2 Å². The zero-order valence-corrected chi connectivity index (χ0v) is 15.8. The molecule has 2 aliphatic heterocycles. The number of nitrogens with one attached hydrogen (secondary N) is 1. The maximum atomic E-state index is 12.4. The van der Waals surface area contributed by atoms with Gasteiger partial charge in [0.05, 0.1) is 0 Å². The number of nitrogens with zero attached hydrogens (tertiary/aromatic N) is 2. The molecule has 0 bridgehead atoms. The quantitative estimate of drug-likeness (QED) is 0.792. The Morgan fingerprint density at radius 2 is 1.60 bits per heavy atom. The Morgan fingerprint density at radius 1 is 0.920 bits per heavy atom. The van der Waals surface area contributed by atoms with Gasteiger partial charge in [0.1, 0.15) is 0 Å². The Kier molecular flexibility index (Phi) is 6.60. The molecule has 5 heteroatoms. The first-order valence-corrected chi connectivity index (χ1v) is 10.4. The minimum atomic E-state index is 0.0725. The number of amides is 3. The lowest BCUT2D eigenvalue weighted by molar-refractivity contribution is -0.132. The molecule has 2 atom stereocenters. The summed E-state index contributed by atoms with van der Waals surface area (Å²) in [6.07, 6.45) is 10.1. The first kappa shape index (κ1) is 18.5. The number of piperidine rings is 2. The minimum Gasteiger partial charge on any atom is -0.343 e. The highest BCUT2D eigenvalue weighted by Gasteiger charge is 2.32. The molecular weight excluding hydrogens is 314 g/mol. The zero-order valence-electron chi connectivity index (χ0n) is 15.8. The maximum absolute atomic E-state index is 12.4. The molecule has 2 saturated heterocycles. The van der Waals surface area contributed by atoms with Gasteiger partial charge in [-0.3, -0.25) is 4.79 Å². The number of hydrogen-bond donors (Lipinski definition) is 1. The predicted octanol–water partition coefficient (Wildman–Crippen LogP) is 3.25.